The van der Waals surface area contributed by atoms with E-state index in [2.05, 4.69) is 0 Å². The molecule has 1 aliphatic carbocycles. The van der Waals surface area contributed by atoms with Crippen LogP contribution in [0.15, 0.2) is 18.2 Å². The molecule has 0 bridgehead atoms. The minimum atomic E-state index is -0.854. The fourth-order valence-corrected chi connectivity index (χ4v) is 0.929. The van der Waals surface area contributed by atoms with E-state index in [1.54, 1.807) is 0 Å². The van der Waals surface area contributed by atoms with E-state index in [0.717, 1.165) is 25.0 Å². The average molecular weight is 170 g/mol. The van der Waals surface area contributed by atoms with Gasteiger partial charge >= 0.3 is 0 Å². The molecule has 0 aliphatic heterocycles. The van der Waals surface area contributed by atoms with Crippen molar-refractivity contribution in [1.82, 2.24) is 0 Å². The monoisotopic (exact) mass is 170 g/mol. The first-order chi connectivity index (χ1) is 5.75. The number of ether oxygens (including phenoxy) is 1. The van der Waals surface area contributed by atoms with Crippen molar-refractivity contribution in [2.45, 2.75) is 18.9 Å². The van der Waals surface area contributed by atoms with Gasteiger partial charge in [-0.1, -0.05) is 0 Å². The van der Waals surface area contributed by atoms with Crippen molar-refractivity contribution >= 4 is 0 Å². The second kappa shape index (κ2) is 2.73. The fourth-order valence-electron chi connectivity index (χ4n) is 0.929. The molecule has 1 aromatic rings. The molecule has 0 radical (unpaired) electrons. The highest BCUT2D eigenvalue weighted by Gasteiger charge is 2.23. The predicted octanol–water partition coefficient (Wildman–Crippen LogP) is 2.51. The first-order valence-corrected chi connectivity index (χ1v) is 3.87. The van der Waals surface area contributed by atoms with Crippen LogP contribution < -0.4 is 4.74 Å². The van der Waals surface area contributed by atoms with E-state index < -0.39 is 11.6 Å². The lowest BCUT2D eigenvalue weighted by atomic mass is 10.3. The lowest BCUT2D eigenvalue weighted by molar-refractivity contribution is 0.300. The number of rotatable bonds is 2. The van der Waals surface area contributed by atoms with Gasteiger partial charge in [0.15, 0.2) is 11.6 Å². The van der Waals surface area contributed by atoms with Crippen molar-refractivity contribution < 1.29 is 13.5 Å². The fraction of sp³-hybridized carbons (Fsp3) is 0.333. The van der Waals surface area contributed by atoms with Crippen LogP contribution in [0.5, 0.6) is 5.75 Å². The summed E-state index contributed by atoms with van der Waals surface area (Å²) in [5, 5.41) is 0. The second-order valence-electron chi connectivity index (χ2n) is 2.89. The summed E-state index contributed by atoms with van der Waals surface area (Å²) < 4.78 is 30.3. The van der Waals surface area contributed by atoms with Crippen molar-refractivity contribution in [2.75, 3.05) is 0 Å². The van der Waals surface area contributed by atoms with E-state index in [4.69, 9.17) is 4.74 Å². The Hall–Kier alpha value is -1.12. The Kier molecular flexibility index (Phi) is 1.71. The average Bonchev–Trinajstić information content (AvgIpc) is 2.81. The lowest BCUT2D eigenvalue weighted by Crippen LogP contribution is -1.96. The van der Waals surface area contributed by atoms with Crippen LogP contribution in [0.3, 0.4) is 0 Å². The molecule has 0 heterocycles. The van der Waals surface area contributed by atoms with Gasteiger partial charge in [0.1, 0.15) is 5.75 Å². The van der Waals surface area contributed by atoms with Crippen LogP contribution in [-0.4, -0.2) is 6.10 Å². The molecule has 3 heteroatoms. The van der Waals surface area contributed by atoms with Crippen molar-refractivity contribution in [3.05, 3.63) is 29.8 Å². The van der Waals surface area contributed by atoms with E-state index in [1.165, 1.54) is 6.07 Å². The van der Waals surface area contributed by atoms with Gasteiger partial charge in [0.05, 0.1) is 6.10 Å². The zero-order chi connectivity index (χ0) is 8.55. The molecule has 12 heavy (non-hydrogen) atoms. The Labute approximate surface area is 69.0 Å². The maximum absolute atomic E-state index is 12.6. The van der Waals surface area contributed by atoms with E-state index in [0.29, 0.717) is 5.75 Å². The molecule has 1 aromatic carbocycles. The highest BCUT2D eigenvalue weighted by atomic mass is 19.2. The standard InChI is InChI=1S/C9H8F2O/c10-8-4-3-7(5-9(8)11)12-6-1-2-6/h3-6H,1-2H2. The SMILES string of the molecule is Fc1ccc(OC2CC2)cc1F. The van der Waals surface area contributed by atoms with Gasteiger partial charge in [-0.2, -0.15) is 0 Å². The van der Waals surface area contributed by atoms with Gasteiger partial charge in [-0.3, -0.25) is 0 Å². The number of hydrogen-bond acceptors (Lipinski definition) is 1. The van der Waals surface area contributed by atoms with Crippen LogP contribution in [0, 0.1) is 11.6 Å². The van der Waals surface area contributed by atoms with Crippen LogP contribution in [-0.2, 0) is 0 Å². The first kappa shape index (κ1) is 7.53. The molecule has 64 valence electrons. The summed E-state index contributed by atoms with van der Waals surface area (Å²) >= 11 is 0. The summed E-state index contributed by atoms with van der Waals surface area (Å²) in [5.74, 6) is -1.28. The zero-order valence-electron chi connectivity index (χ0n) is 6.39. The minimum Gasteiger partial charge on any atom is -0.490 e. The third kappa shape index (κ3) is 1.55. The van der Waals surface area contributed by atoms with Gasteiger partial charge in [0, 0.05) is 6.07 Å². The first-order valence-electron chi connectivity index (χ1n) is 3.87. The second-order valence-corrected chi connectivity index (χ2v) is 2.89. The predicted molar refractivity (Wildman–Crippen MR) is 40.0 cm³/mol. The highest BCUT2D eigenvalue weighted by molar-refractivity contribution is 5.24. The topological polar surface area (TPSA) is 9.23 Å². The van der Waals surface area contributed by atoms with Crippen molar-refractivity contribution in [3.63, 3.8) is 0 Å². The normalized spacial score (nSPS) is 16.2. The van der Waals surface area contributed by atoms with E-state index >= 15 is 0 Å². The van der Waals surface area contributed by atoms with Crippen LogP contribution in [0.2, 0.25) is 0 Å². The molecule has 1 fully saturated rings. The largest absolute Gasteiger partial charge is 0.490 e. The smallest absolute Gasteiger partial charge is 0.162 e. The third-order valence-corrected chi connectivity index (χ3v) is 1.72. The van der Waals surface area contributed by atoms with Crippen molar-refractivity contribution in [1.29, 1.82) is 0 Å². The number of benzene rings is 1. The Morgan fingerprint density at radius 1 is 1.17 bits per heavy atom. The van der Waals surface area contributed by atoms with E-state index in [9.17, 15) is 8.78 Å². The van der Waals surface area contributed by atoms with Gasteiger partial charge in [0.25, 0.3) is 0 Å². The van der Waals surface area contributed by atoms with Gasteiger partial charge in [0.2, 0.25) is 0 Å². The Balaban J connectivity index is 2.15. The van der Waals surface area contributed by atoms with Crippen LogP contribution in [0.25, 0.3) is 0 Å². The number of halogens is 2. The molecular formula is C9H8F2O. The maximum atomic E-state index is 12.6. The summed E-state index contributed by atoms with van der Waals surface area (Å²) in [6, 6.07) is 3.59. The van der Waals surface area contributed by atoms with Crippen molar-refractivity contribution in [3.8, 4) is 5.75 Å². The molecule has 2 rings (SSSR count). The van der Waals surface area contributed by atoms with E-state index in [1.807, 2.05) is 0 Å². The molecule has 0 spiro atoms. The summed E-state index contributed by atoms with van der Waals surface area (Å²) in [5.41, 5.74) is 0. The zero-order valence-corrected chi connectivity index (χ0v) is 6.39. The Bertz CT molecular complexity index is 295. The van der Waals surface area contributed by atoms with Gasteiger partial charge < -0.3 is 4.74 Å². The molecule has 0 unspecified atom stereocenters. The molecule has 0 amide bonds. The Morgan fingerprint density at radius 2 is 1.92 bits per heavy atom. The number of hydrogen-bond donors (Lipinski definition) is 0. The molecule has 0 aromatic heterocycles. The summed E-state index contributed by atoms with van der Waals surface area (Å²) in [6.07, 6.45) is 2.24. The maximum Gasteiger partial charge on any atom is 0.162 e. The molecular weight excluding hydrogens is 162 g/mol. The molecule has 0 N–H and O–H groups in total. The van der Waals surface area contributed by atoms with Crippen molar-refractivity contribution in [2.24, 2.45) is 0 Å². The summed E-state index contributed by atoms with van der Waals surface area (Å²) in [7, 11) is 0. The molecule has 1 aliphatic rings. The van der Waals surface area contributed by atoms with Gasteiger partial charge in [-0.15, -0.1) is 0 Å². The summed E-state index contributed by atoms with van der Waals surface area (Å²) in [6.45, 7) is 0. The molecule has 1 saturated carbocycles. The Morgan fingerprint density at radius 3 is 2.50 bits per heavy atom. The van der Waals surface area contributed by atoms with Crippen LogP contribution in [0.4, 0.5) is 8.78 Å². The lowest BCUT2D eigenvalue weighted by Gasteiger charge is -2.03. The van der Waals surface area contributed by atoms with Gasteiger partial charge in [-0.25, -0.2) is 8.78 Å². The van der Waals surface area contributed by atoms with Crippen LogP contribution >= 0.6 is 0 Å². The van der Waals surface area contributed by atoms with Crippen LogP contribution in [0.1, 0.15) is 12.8 Å². The summed E-state index contributed by atoms with van der Waals surface area (Å²) in [4.78, 5) is 0. The van der Waals surface area contributed by atoms with Gasteiger partial charge in [-0.05, 0) is 25.0 Å². The molecule has 0 saturated heterocycles. The molecule has 1 nitrogen and oxygen atoms in total. The molecule has 0 atom stereocenters. The van der Waals surface area contributed by atoms with E-state index in [-0.39, 0.29) is 6.10 Å². The third-order valence-electron chi connectivity index (χ3n) is 1.72. The minimum absolute atomic E-state index is 0.217. The highest BCUT2D eigenvalue weighted by Crippen LogP contribution is 2.27. The quantitative estimate of drug-likeness (QED) is 0.662.